The molecule has 190 valence electrons. The molecule has 1 aromatic heterocycles. The van der Waals surface area contributed by atoms with E-state index in [1.165, 1.54) is 12.1 Å². The third-order valence-electron chi connectivity index (χ3n) is 7.96. The summed E-state index contributed by atoms with van der Waals surface area (Å²) >= 11 is 0. The highest BCUT2D eigenvalue weighted by molar-refractivity contribution is 6.12. The maximum atomic E-state index is 14.4. The number of benzene rings is 2. The first-order valence-corrected chi connectivity index (χ1v) is 12.5. The molecule has 2 N–H and O–H groups in total. The van der Waals surface area contributed by atoms with Gasteiger partial charge in [-0.3, -0.25) is 14.8 Å². The first-order chi connectivity index (χ1) is 17.2. The molecule has 2 aromatic carbocycles. The Morgan fingerprint density at radius 2 is 1.81 bits per heavy atom. The number of fused-ring (bicyclic) bond motifs is 3. The zero-order valence-electron chi connectivity index (χ0n) is 21.1. The summed E-state index contributed by atoms with van der Waals surface area (Å²) in [6, 6.07) is 11.7. The number of halogens is 1. The van der Waals surface area contributed by atoms with Crippen molar-refractivity contribution in [2.75, 3.05) is 39.8 Å². The van der Waals surface area contributed by atoms with Gasteiger partial charge in [0.2, 0.25) is 0 Å². The van der Waals surface area contributed by atoms with Gasteiger partial charge < -0.3 is 14.4 Å². The van der Waals surface area contributed by atoms with Crippen LogP contribution >= 0.6 is 0 Å². The molecule has 0 spiro atoms. The smallest absolute Gasteiger partial charge is 0.274 e. The second-order valence-corrected chi connectivity index (χ2v) is 10.9. The third-order valence-corrected chi connectivity index (χ3v) is 7.96. The van der Waals surface area contributed by atoms with Crippen molar-refractivity contribution in [3.63, 3.8) is 0 Å². The quantitative estimate of drug-likeness (QED) is 0.421. The van der Waals surface area contributed by atoms with Crippen LogP contribution in [0, 0.1) is 17.2 Å². The lowest BCUT2D eigenvalue weighted by atomic mass is 9.67. The van der Waals surface area contributed by atoms with Crippen molar-refractivity contribution < 1.29 is 19.2 Å². The number of amides is 1. The van der Waals surface area contributed by atoms with E-state index in [0.717, 1.165) is 49.5 Å². The number of nitrogens with zero attached hydrogens (tertiary/aromatic N) is 3. The van der Waals surface area contributed by atoms with Gasteiger partial charge in [-0.1, -0.05) is 26.0 Å². The topological polar surface area (TPSA) is 77.8 Å². The van der Waals surface area contributed by atoms with Crippen LogP contribution in [0.1, 0.15) is 45.8 Å². The molecule has 8 heteroatoms. The lowest BCUT2D eigenvalue weighted by Crippen LogP contribution is -2.51. The SMILES string of the molecule is CN1CCN(CC2C(=O)c3c(n(Cc4ccc(C(=O)NO)cc4)c4ccc(F)cc34)CC2(C)C)CC1. The minimum atomic E-state index is -0.570. The molecule has 36 heavy (non-hydrogen) atoms. The minimum absolute atomic E-state index is 0.101. The summed E-state index contributed by atoms with van der Waals surface area (Å²) in [5.74, 6) is -0.980. The van der Waals surface area contributed by atoms with Crippen LogP contribution in [0.15, 0.2) is 42.5 Å². The van der Waals surface area contributed by atoms with Crippen LogP contribution in [0.5, 0.6) is 0 Å². The highest BCUT2D eigenvalue weighted by Crippen LogP contribution is 2.44. The van der Waals surface area contributed by atoms with Crippen LogP contribution in [0.3, 0.4) is 0 Å². The van der Waals surface area contributed by atoms with Gasteiger partial charge in [0.1, 0.15) is 5.82 Å². The summed E-state index contributed by atoms with van der Waals surface area (Å²) < 4.78 is 16.5. The van der Waals surface area contributed by atoms with Gasteiger partial charge in [-0.2, -0.15) is 0 Å². The molecule has 2 aliphatic rings. The van der Waals surface area contributed by atoms with Gasteiger partial charge >= 0.3 is 0 Å². The summed E-state index contributed by atoms with van der Waals surface area (Å²) in [5, 5.41) is 9.55. The number of nitrogens with one attached hydrogen (secondary N) is 1. The van der Waals surface area contributed by atoms with Crippen molar-refractivity contribution in [2.24, 2.45) is 11.3 Å². The van der Waals surface area contributed by atoms with E-state index in [0.29, 0.717) is 29.5 Å². The summed E-state index contributed by atoms with van der Waals surface area (Å²) in [7, 11) is 2.12. The van der Waals surface area contributed by atoms with Gasteiger partial charge in [0, 0.05) is 72.9 Å². The van der Waals surface area contributed by atoms with Crippen molar-refractivity contribution in [1.29, 1.82) is 0 Å². The Balaban J connectivity index is 1.53. The molecule has 0 radical (unpaired) electrons. The van der Waals surface area contributed by atoms with Crippen LogP contribution < -0.4 is 5.48 Å². The molecule has 5 rings (SSSR count). The van der Waals surface area contributed by atoms with Crippen molar-refractivity contribution in [2.45, 2.75) is 26.8 Å². The molecule has 1 atom stereocenters. The zero-order chi connectivity index (χ0) is 25.6. The third kappa shape index (κ3) is 4.45. The number of carbonyl (C=O) groups excluding carboxylic acids is 2. The van der Waals surface area contributed by atoms with Crippen LogP contribution in [0.4, 0.5) is 4.39 Å². The summed E-state index contributed by atoms with van der Waals surface area (Å²) in [6.45, 7) is 9.43. The average Bonchev–Trinajstić information content (AvgIpc) is 3.14. The molecular weight excluding hydrogens is 459 g/mol. The summed E-state index contributed by atoms with van der Waals surface area (Å²) in [5.41, 5.74) is 5.12. The van der Waals surface area contributed by atoms with E-state index in [2.05, 4.69) is 35.3 Å². The zero-order valence-corrected chi connectivity index (χ0v) is 21.1. The molecule has 1 saturated heterocycles. The van der Waals surface area contributed by atoms with Gasteiger partial charge in [-0.25, -0.2) is 9.87 Å². The lowest BCUT2D eigenvalue weighted by Gasteiger charge is -2.42. The number of hydroxylamine groups is 1. The van der Waals surface area contributed by atoms with E-state index < -0.39 is 5.91 Å². The number of likely N-dealkylation sites (N-methyl/N-ethyl adjacent to an activating group) is 1. The van der Waals surface area contributed by atoms with Crippen molar-refractivity contribution in [3.8, 4) is 0 Å². The van der Waals surface area contributed by atoms with Crippen LogP contribution in [0.25, 0.3) is 10.9 Å². The maximum Gasteiger partial charge on any atom is 0.274 e. The van der Waals surface area contributed by atoms with E-state index in [4.69, 9.17) is 5.21 Å². The molecule has 3 aromatic rings. The highest BCUT2D eigenvalue weighted by Gasteiger charge is 2.44. The molecule has 0 bridgehead atoms. The Kier molecular flexibility index (Phi) is 6.44. The average molecular weight is 493 g/mol. The van der Waals surface area contributed by atoms with Crippen molar-refractivity contribution >= 4 is 22.6 Å². The molecule has 7 nitrogen and oxygen atoms in total. The normalized spacial score (nSPS) is 20.5. The second-order valence-electron chi connectivity index (χ2n) is 10.9. The van der Waals surface area contributed by atoms with E-state index in [-0.39, 0.29) is 22.9 Å². The number of Topliss-reactive ketones (excluding diaryl/α,β-unsaturated/α-hetero) is 1. The summed E-state index contributed by atoms with van der Waals surface area (Å²) in [6.07, 6.45) is 0.716. The number of carbonyl (C=O) groups is 2. The molecule has 1 fully saturated rings. The Bertz CT molecular complexity index is 1310. The first kappa shape index (κ1) is 24.6. The lowest BCUT2D eigenvalue weighted by molar-refractivity contribution is 0.0592. The molecule has 1 aliphatic heterocycles. The molecular formula is C28H33FN4O3. The summed E-state index contributed by atoms with van der Waals surface area (Å²) in [4.78, 5) is 30.5. The van der Waals surface area contributed by atoms with Crippen LogP contribution in [0.2, 0.25) is 0 Å². The van der Waals surface area contributed by atoms with Crippen LogP contribution in [-0.2, 0) is 13.0 Å². The van der Waals surface area contributed by atoms with Crippen LogP contribution in [-0.4, -0.2) is 71.0 Å². The Labute approximate surface area is 210 Å². The number of hydrogen-bond donors (Lipinski definition) is 2. The number of piperazine rings is 1. The largest absolute Gasteiger partial charge is 0.339 e. The monoisotopic (exact) mass is 492 g/mol. The maximum absolute atomic E-state index is 14.4. The van der Waals surface area contributed by atoms with E-state index in [1.54, 1.807) is 23.7 Å². The first-order valence-electron chi connectivity index (χ1n) is 12.5. The molecule has 0 saturated carbocycles. The Morgan fingerprint density at radius 1 is 1.11 bits per heavy atom. The Hall–Kier alpha value is -3.07. The van der Waals surface area contributed by atoms with Gasteiger partial charge in [-0.15, -0.1) is 0 Å². The van der Waals surface area contributed by atoms with Gasteiger partial charge in [-0.05, 0) is 54.8 Å². The van der Waals surface area contributed by atoms with Crippen molar-refractivity contribution in [3.05, 3.63) is 70.7 Å². The predicted molar refractivity (Wildman–Crippen MR) is 136 cm³/mol. The highest BCUT2D eigenvalue weighted by atomic mass is 19.1. The second kappa shape index (κ2) is 9.42. The molecule has 1 amide bonds. The predicted octanol–water partition coefficient (Wildman–Crippen LogP) is 3.58. The van der Waals surface area contributed by atoms with E-state index >= 15 is 0 Å². The van der Waals surface area contributed by atoms with Gasteiger partial charge in [0.15, 0.2) is 5.78 Å². The number of hydrogen-bond acceptors (Lipinski definition) is 5. The van der Waals surface area contributed by atoms with E-state index in [1.807, 2.05) is 12.1 Å². The van der Waals surface area contributed by atoms with Gasteiger partial charge in [0.25, 0.3) is 5.91 Å². The number of ketones is 1. The molecule has 1 unspecified atom stereocenters. The fourth-order valence-corrected chi connectivity index (χ4v) is 5.73. The number of aromatic nitrogens is 1. The fourth-order valence-electron chi connectivity index (χ4n) is 5.73. The minimum Gasteiger partial charge on any atom is -0.339 e. The molecule has 2 heterocycles. The van der Waals surface area contributed by atoms with E-state index in [9.17, 15) is 14.0 Å². The van der Waals surface area contributed by atoms with Crippen molar-refractivity contribution in [1.82, 2.24) is 19.8 Å². The Morgan fingerprint density at radius 3 is 2.47 bits per heavy atom. The standard InChI is InChI=1S/C28H33FN4O3/c1-28(2)15-24-25(26(34)22(28)17-32-12-10-31(3)11-13-32)21-14-20(29)8-9-23(21)33(24)16-18-4-6-19(7-5-18)27(35)30-36/h4-9,14,22,36H,10-13,15-17H2,1-3H3,(H,30,35). The molecule has 1 aliphatic carbocycles. The fraction of sp³-hybridized carbons (Fsp3) is 0.429. The number of rotatable bonds is 5. The van der Waals surface area contributed by atoms with Gasteiger partial charge in [0.05, 0.1) is 0 Å².